The van der Waals surface area contributed by atoms with Crippen LogP contribution in [0.3, 0.4) is 0 Å². The van der Waals surface area contributed by atoms with E-state index in [1.54, 1.807) is 24.3 Å². The van der Waals surface area contributed by atoms with E-state index in [4.69, 9.17) is 4.74 Å². The van der Waals surface area contributed by atoms with Gasteiger partial charge in [0.15, 0.2) is 0 Å². The van der Waals surface area contributed by atoms with Gasteiger partial charge in [0.05, 0.1) is 18.1 Å². The molecule has 2 aliphatic heterocycles. The van der Waals surface area contributed by atoms with Crippen LogP contribution in [0.2, 0.25) is 0 Å². The molecule has 26 heavy (non-hydrogen) atoms. The highest BCUT2D eigenvalue weighted by Crippen LogP contribution is 2.21. The molecule has 2 N–H and O–H groups in total. The summed E-state index contributed by atoms with van der Waals surface area (Å²) in [5.74, 6) is -0.0447. The second-order valence-corrected chi connectivity index (χ2v) is 8.40. The van der Waals surface area contributed by atoms with Crippen LogP contribution in [0, 0.1) is 0 Å². The van der Waals surface area contributed by atoms with E-state index >= 15 is 0 Å². The van der Waals surface area contributed by atoms with E-state index in [0.29, 0.717) is 44.2 Å². The van der Waals surface area contributed by atoms with Crippen LogP contribution in [0.15, 0.2) is 29.2 Å². The third-order valence-electron chi connectivity index (χ3n) is 4.55. The second-order valence-electron chi connectivity index (χ2n) is 6.46. The van der Waals surface area contributed by atoms with Gasteiger partial charge >= 0.3 is 0 Å². The van der Waals surface area contributed by atoms with E-state index in [1.807, 2.05) is 0 Å². The predicted molar refractivity (Wildman–Crippen MR) is 101 cm³/mol. The van der Waals surface area contributed by atoms with Gasteiger partial charge in [-0.3, -0.25) is 4.79 Å². The summed E-state index contributed by atoms with van der Waals surface area (Å²) in [6, 6.07) is 6.80. The lowest BCUT2D eigenvalue weighted by atomic mass is 10.2. The van der Waals surface area contributed by atoms with Crippen molar-refractivity contribution in [3.8, 4) is 0 Å². The normalized spacial score (nSPS) is 21.2. The number of ether oxygens (including phenoxy) is 1. The van der Waals surface area contributed by atoms with Gasteiger partial charge in [0.1, 0.15) is 0 Å². The third-order valence-corrected chi connectivity index (χ3v) is 6.46. The number of nitrogens with zero attached hydrogens (tertiary/aromatic N) is 1. The first-order chi connectivity index (χ1) is 12.1. The van der Waals surface area contributed by atoms with Crippen molar-refractivity contribution < 1.29 is 17.9 Å². The minimum Gasteiger partial charge on any atom is -0.378 e. The topological polar surface area (TPSA) is 87.7 Å². The van der Waals surface area contributed by atoms with Gasteiger partial charge < -0.3 is 15.4 Å². The fourth-order valence-corrected chi connectivity index (χ4v) is 4.62. The molecule has 1 unspecified atom stereocenters. The summed E-state index contributed by atoms with van der Waals surface area (Å²) >= 11 is 0. The average Bonchev–Trinajstić information content (AvgIpc) is 3.17. The monoisotopic (exact) mass is 403 g/mol. The van der Waals surface area contributed by atoms with E-state index in [0.717, 1.165) is 24.9 Å². The highest BCUT2D eigenvalue weighted by Gasteiger charge is 2.26. The van der Waals surface area contributed by atoms with Crippen molar-refractivity contribution >= 4 is 28.3 Å². The summed E-state index contributed by atoms with van der Waals surface area (Å²) < 4.78 is 31.8. The molecule has 1 atom stereocenters. The predicted octanol–water partition coefficient (Wildman–Crippen LogP) is 0.888. The van der Waals surface area contributed by atoms with Crippen LogP contribution in [-0.2, 0) is 26.1 Å². The number of morpholine rings is 1. The Kier molecular flexibility index (Phi) is 7.85. The van der Waals surface area contributed by atoms with Gasteiger partial charge in [-0.1, -0.05) is 12.1 Å². The van der Waals surface area contributed by atoms with Crippen LogP contribution in [-0.4, -0.2) is 57.5 Å². The van der Waals surface area contributed by atoms with Crippen molar-refractivity contribution in [1.82, 2.24) is 14.9 Å². The Balaban J connectivity index is 0.00000243. The fraction of sp³-hybridized carbons (Fsp3) is 0.588. The number of hydrogen-bond acceptors (Lipinski definition) is 5. The first kappa shape index (κ1) is 21.1. The minimum atomic E-state index is -3.38. The van der Waals surface area contributed by atoms with Gasteiger partial charge in [0.25, 0.3) is 0 Å². The Labute approximate surface area is 160 Å². The molecule has 2 heterocycles. The zero-order valence-electron chi connectivity index (χ0n) is 14.6. The Morgan fingerprint density at radius 3 is 2.54 bits per heavy atom. The lowest BCUT2D eigenvalue weighted by Gasteiger charge is -2.23. The maximum Gasteiger partial charge on any atom is 0.243 e. The zero-order valence-corrected chi connectivity index (χ0v) is 16.3. The van der Waals surface area contributed by atoms with Crippen molar-refractivity contribution in [2.24, 2.45) is 0 Å². The summed E-state index contributed by atoms with van der Waals surface area (Å²) in [6.07, 6.45) is 2.22. The maximum atomic E-state index is 12.5. The maximum absolute atomic E-state index is 12.5. The van der Waals surface area contributed by atoms with E-state index in [9.17, 15) is 13.2 Å². The zero-order chi connectivity index (χ0) is 17.7. The Hall–Kier alpha value is -1.19. The van der Waals surface area contributed by atoms with Gasteiger partial charge in [0.2, 0.25) is 15.9 Å². The lowest BCUT2D eigenvalue weighted by Crippen LogP contribution is -2.44. The number of rotatable bonds is 6. The van der Waals surface area contributed by atoms with Crippen LogP contribution in [0.4, 0.5) is 0 Å². The first-order valence-corrected chi connectivity index (χ1v) is 10.2. The van der Waals surface area contributed by atoms with Crippen molar-refractivity contribution in [2.45, 2.75) is 36.7 Å². The second kappa shape index (κ2) is 9.66. The number of nitrogens with one attached hydrogen (secondary N) is 2. The van der Waals surface area contributed by atoms with Crippen LogP contribution in [0.5, 0.6) is 0 Å². The Morgan fingerprint density at radius 1 is 1.23 bits per heavy atom. The molecule has 1 aromatic rings. The van der Waals surface area contributed by atoms with Crippen LogP contribution in [0.1, 0.15) is 24.8 Å². The molecule has 0 saturated carbocycles. The summed E-state index contributed by atoms with van der Waals surface area (Å²) in [6.45, 7) is 3.58. The van der Waals surface area contributed by atoms with Gasteiger partial charge in [0, 0.05) is 38.6 Å². The number of benzene rings is 1. The largest absolute Gasteiger partial charge is 0.378 e. The highest BCUT2D eigenvalue weighted by atomic mass is 35.5. The molecule has 9 heteroatoms. The molecule has 1 amide bonds. The molecule has 0 radical (unpaired) electrons. The Morgan fingerprint density at radius 2 is 1.92 bits per heavy atom. The van der Waals surface area contributed by atoms with E-state index < -0.39 is 10.0 Å². The molecule has 0 aromatic heterocycles. The molecule has 0 aliphatic carbocycles. The van der Waals surface area contributed by atoms with Crippen molar-refractivity contribution in [3.05, 3.63) is 29.8 Å². The molecule has 3 rings (SSSR count). The van der Waals surface area contributed by atoms with Gasteiger partial charge in [-0.2, -0.15) is 4.31 Å². The molecule has 1 aromatic carbocycles. The summed E-state index contributed by atoms with van der Waals surface area (Å²) in [5, 5.41) is 6.11. The lowest BCUT2D eigenvalue weighted by molar-refractivity contribution is -0.122. The van der Waals surface area contributed by atoms with Crippen LogP contribution < -0.4 is 10.6 Å². The number of halogens is 1. The highest BCUT2D eigenvalue weighted by molar-refractivity contribution is 7.89. The molecule has 0 spiro atoms. The molecule has 2 fully saturated rings. The quantitative estimate of drug-likeness (QED) is 0.736. The van der Waals surface area contributed by atoms with Crippen LogP contribution in [0.25, 0.3) is 0 Å². The summed E-state index contributed by atoms with van der Waals surface area (Å²) in [5.41, 5.74) is 0.876. The van der Waals surface area contributed by atoms with Crippen molar-refractivity contribution in [1.29, 1.82) is 0 Å². The van der Waals surface area contributed by atoms with E-state index in [-0.39, 0.29) is 24.4 Å². The van der Waals surface area contributed by atoms with Crippen LogP contribution >= 0.6 is 12.4 Å². The SMILES string of the molecule is Cl.O=C(CC1COCCN1)NCc1ccc(S(=O)(=O)N2CCCC2)cc1. The molecule has 0 bridgehead atoms. The standard InChI is InChI=1S/C17H25N3O4S.ClH/c21-17(11-15-13-24-10-7-18-15)19-12-14-3-5-16(6-4-14)25(22,23)20-8-1-2-9-20;/h3-6,15,18H,1-2,7-13H2,(H,19,21);1H. The number of amides is 1. The third kappa shape index (κ3) is 5.40. The molecule has 7 nitrogen and oxygen atoms in total. The number of carbonyl (C=O) groups excluding carboxylic acids is 1. The summed E-state index contributed by atoms with van der Waals surface area (Å²) in [4.78, 5) is 12.3. The van der Waals surface area contributed by atoms with Gasteiger partial charge in [-0.25, -0.2) is 8.42 Å². The molecule has 2 saturated heterocycles. The molecular formula is C17H26ClN3O4S. The fourth-order valence-electron chi connectivity index (χ4n) is 3.10. The smallest absolute Gasteiger partial charge is 0.243 e. The number of carbonyl (C=O) groups is 1. The van der Waals surface area contributed by atoms with E-state index in [1.165, 1.54) is 4.31 Å². The number of sulfonamides is 1. The molecular weight excluding hydrogens is 378 g/mol. The Bertz CT molecular complexity index is 684. The number of hydrogen-bond donors (Lipinski definition) is 2. The van der Waals surface area contributed by atoms with Crippen molar-refractivity contribution in [2.75, 3.05) is 32.8 Å². The van der Waals surface area contributed by atoms with Gasteiger partial charge in [-0.05, 0) is 30.5 Å². The average molecular weight is 404 g/mol. The first-order valence-electron chi connectivity index (χ1n) is 8.72. The summed E-state index contributed by atoms with van der Waals surface area (Å²) in [7, 11) is -3.38. The van der Waals surface area contributed by atoms with Gasteiger partial charge in [-0.15, -0.1) is 12.4 Å². The molecule has 146 valence electrons. The van der Waals surface area contributed by atoms with E-state index in [2.05, 4.69) is 10.6 Å². The minimum absolute atomic E-state index is 0. The van der Waals surface area contributed by atoms with Crippen molar-refractivity contribution in [3.63, 3.8) is 0 Å². The molecule has 2 aliphatic rings.